The van der Waals surface area contributed by atoms with Crippen LogP contribution in [0.25, 0.3) is 0 Å². The zero-order valence-electron chi connectivity index (χ0n) is 15.7. The van der Waals surface area contributed by atoms with Crippen LogP contribution in [-0.4, -0.2) is 49.7 Å². The first-order valence-corrected chi connectivity index (χ1v) is 8.37. The van der Waals surface area contributed by atoms with Gasteiger partial charge in [-0.3, -0.25) is 4.79 Å². The van der Waals surface area contributed by atoms with E-state index < -0.39 is 36.5 Å². The molecule has 0 aliphatic rings. The van der Waals surface area contributed by atoms with E-state index in [2.05, 4.69) is 14.8 Å². The summed E-state index contributed by atoms with van der Waals surface area (Å²) in [5.74, 6) is -3.21. The van der Waals surface area contributed by atoms with E-state index in [0.717, 1.165) is 7.11 Å². The standard InChI is InChI=1S/C20H19NO8/c1-27-18(24)13-8-9-14(19(25)28-2)15(10-13)21-16(22)11-29-20(26)17(23)12-6-4-3-5-7-12/h3-10,17,23H,11H2,1-2H3,(H,21,22). The number of aliphatic hydroxyl groups excluding tert-OH is 1. The normalized spacial score (nSPS) is 11.1. The van der Waals surface area contributed by atoms with E-state index in [4.69, 9.17) is 4.74 Å². The molecule has 0 bridgehead atoms. The van der Waals surface area contributed by atoms with E-state index in [1.165, 1.54) is 37.4 Å². The topological polar surface area (TPSA) is 128 Å². The maximum absolute atomic E-state index is 12.2. The Morgan fingerprint density at radius 1 is 0.966 bits per heavy atom. The number of amides is 1. The Bertz CT molecular complexity index is 910. The van der Waals surface area contributed by atoms with Crippen LogP contribution in [0.4, 0.5) is 5.69 Å². The molecule has 9 nitrogen and oxygen atoms in total. The summed E-state index contributed by atoms with van der Waals surface area (Å²) in [6.45, 7) is -0.716. The van der Waals surface area contributed by atoms with E-state index in [0.29, 0.717) is 5.56 Å². The Kier molecular flexibility index (Phi) is 7.44. The molecule has 29 heavy (non-hydrogen) atoms. The number of anilines is 1. The quantitative estimate of drug-likeness (QED) is 0.527. The summed E-state index contributed by atoms with van der Waals surface area (Å²) in [6.07, 6.45) is -1.54. The molecule has 9 heteroatoms. The van der Waals surface area contributed by atoms with Crippen LogP contribution in [0.2, 0.25) is 0 Å². The van der Waals surface area contributed by atoms with E-state index in [1.54, 1.807) is 18.2 Å². The molecule has 0 aliphatic heterocycles. The van der Waals surface area contributed by atoms with Crippen molar-refractivity contribution in [2.45, 2.75) is 6.10 Å². The fourth-order valence-corrected chi connectivity index (χ4v) is 2.35. The predicted molar refractivity (Wildman–Crippen MR) is 100 cm³/mol. The maximum Gasteiger partial charge on any atom is 0.340 e. The van der Waals surface area contributed by atoms with Gasteiger partial charge in [0.1, 0.15) is 0 Å². The lowest BCUT2D eigenvalue weighted by Crippen LogP contribution is -2.25. The molecule has 0 saturated carbocycles. The molecule has 0 saturated heterocycles. The summed E-state index contributed by atoms with van der Waals surface area (Å²) in [7, 11) is 2.35. The highest BCUT2D eigenvalue weighted by molar-refractivity contribution is 6.04. The molecule has 1 atom stereocenters. The van der Waals surface area contributed by atoms with Crippen LogP contribution in [0.15, 0.2) is 48.5 Å². The van der Waals surface area contributed by atoms with Gasteiger partial charge in [0.05, 0.1) is 31.0 Å². The smallest absolute Gasteiger partial charge is 0.340 e. The molecule has 2 aromatic carbocycles. The van der Waals surface area contributed by atoms with Gasteiger partial charge in [-0.05, 0) is 23.8 Å². The molecule has 2 N–H and O–H groups in total. The highest BCUT2D eigenvalue weighted by atomic mass is 16.6. The third kappa shape index (κ3) is 5.63. The number of aliphatic hydroxyl groups is 1. The van der Waals surface area contributed by atoms with Gasteiger partial charge in [-0.2, -0.15) is 0 Å². The van der Waals surface area contributed by atoms with Gasteiger partial charge in [-0.25, -0.2) is 14.4 Å². The molecule has 2 rings (SSSR count). The van der Waals surface area contributed by atoms with Crippen molar-refractivity contribution in [2.24, 2.45) is 0 Å². The van der Waals surface area contributed by atoms with Crippen LogP contribution >= 0.6 is 0 Å². The largest absolute Gasteiger partial charge is 0.465 e. The molecule has 0 fully saturated rings. The lowest BCUT2D eigenvalue weighted by molar-refractivity contribution is -0.156. The van der Waals surface area contributed by atoms with Crippen molar-refractivity contribution < 1.29 is 38.5 Å². The second-order valence-corrected chi connectivity index (χ2v) is 5.71. The van der Waals surface area contributed by atoms with Gasteiger partial charge in [-0.15, -0.1) is 0 Å². The van der Waals surface area contributed by atoms with Crippen LogP contribution in [0.1, 0.15) is 32.4 Å². The van der Waals surface area contributed by atoms with Crippen molar-refractivity contribution in [2.75, 3.05) is 26.1 Å². The highest BCUT2D eigenvalue weighted by Gasteiger charge is 2.21. The molecule has 0 aliphatic carbocycles. The van der Waals surface area contributed by atoms with Crippen LogP contribution in [-0.2, 0) is 23.8 Å². The summed E-state index contributed by atoms with van der Waals surface area (Å²) in [5, 5.41) is 12.3. The molecule has 152 valence electrons. The Morgan fingerprint density at radius 2 is 1.62 bits per heavy atom. The first kappa shape index (κ1) is 21.6. The maximum atomic E-state index is 12.2. The lowest BCUT2D eigenvalue weighted by Gasteiger charge is -2.13. The van der Waals surface area contributed by atoms with Gasteiger partial charge >= 0.3 is 17.9 Å². The summed E-state index contributed by atoms with van der Waals surface area (Å²) < 4.78 is 14.1. The summed E-state index contributed by atoms with van der Waals surface area (Å²) in [4.78, 5) is 47.6. The Morgan fingerprint density at radius 3 is 2.24 bits per heavy atom. The van der Waals surface area contributed by atoms with Crippen molar-refractivity contribution in [3.63, 3.8) is 0 Å². The molecule has 0 heterocycles. The molecule has 0 radical (unpaired) electrons. The molecular weight excluding hydrogens is 382 g/mol. The predicted octanol–water partition coefficient (Wildman–Crippen LogP) is 1.48. The van der Waals surface area contributed by atoms with Crippen molar-refractivity contribution in [1.29, 1.82) is 0 Å². The number of benzene rings is 2. The minimum absolute atomic E-state index is 0.0100. The Balaban J connectivity index is 2.08. The first-order valence-electron chi connectivity index (χ1n) is 8.37. The van der Waals surface area contributed by atoms with Crippen LogP contribution < -0.4 is 5.32 Å². The van der Waals surface area contributed by atoms with Gasteiger partial charge < -0.3 is 24.6 Å². The monoisotopic (exact) mass is 401 g/mol. The third-order valence-electron chi connectivity index (χ3n) is 3.80. The highest BCUT2D eigenvalue weighted by Crippen LogP contribution is 2.20. The number of nitrogens with one attached hydrogen (secondary N) is 1. The average molecular weight is 401 g/mol. The minimum atomic E-state index is -1.54. The average Bonchev–Trinajstić information content (AvgIpc) is 2.76. The zero-order chi connectivity index (χ0) is 21.4. The number of hydrogen-bond donors (Lipinski definition) is 2. The summed E-state index contributed by atoms with van der Waals surface area (Å²) in [5.41, 5.74) is 0.372. The number of carbonyl (C=O) groups excluding carboxylic acids is 4. The second kappa shape index (κ2) is 10.00. The molecule has 1 amide bonds. The number of rotatable bonds is 7. The fraction of sp³-hybridized carbons (Fsp3) is 0.200. The van der Waals surface area contributed by atoms with E-state index >= 15 is 0 Å². The van der Waals surface area contributed by atoms with Crippen LogP contribution in [0, 0.1) is 0 Å². The summed E-state index contributed by atoms with van der Waals surface area (Å²) >= 11 is 0. The number of ether oxygens (including phenoxy) is 3. The van der Waals surface area contributed by atoms with Crippen LogP contribution in [0.3, 0.4) is 0 Å². The van der Waals surface area contributed by atoms with Gasteiger partial charge in [0, 0.05) is 0 Å². The van der Waals surface area contributed by atoms with E-state index in [9.17, 15) is 24.3 Å². The van der Waals surface area contributed by atoms with E-state index in [-0.39, 0.29) is 16.8 Å². The van der Waals surface area contributed by atoms with Crippen LogP contribution in [0.5, 0.6) is 0 Å². The number of esters is 3. The zero-order valence-corrected chi connectivity index (χ0v) is 15.7. The Hall–Kier alpha value is -3.72. The number of methoxy groups -OCH3 is 2. The minimum Gasteiger partial charge on any atom is -0.465 e. The van der Waals surface area contributed by atoms with Gasteiger partial charge in [0.15, 0.2) is 12.7 Å². The molecule has 2 aromatic rings. The molecule has 0 spiro atoms. The first-order chi connectivity index (χ1) is 13.9. The molecular formula is C20H19NO8. The van der Waals surface area contributed by atoms with Crippen molar-refractivity contribution >= 4 is 29.5 Å². The number of hydrogen-bond acceptors (Lipinski definition) is 8. The van der Waals surface area contributed by atoms with Gasteiger partial charge in [0.2, 0.25) is 0 Å². The van der Waals surface area contributed by atoms with Crippen molar-refractivity contribution in [3.05, 3.63) is 65.2 Å². The van der Waals surface area contributed by atoms with Crippen molar-refractivity contribution in [3.8, 4) is 0 Å². The van der Waals surface area contributed by atoms with Gasteiger partial charge in [-0.1, -0.05) is 30.3 Å². The second-order valence-electron chi connectivity index (χ2n) is 5.71. The summed E-state index contributed by atoms with van der Waals surface area (Å²) in [6, 6.07) is 11.9. The third-order valence-corrected chi connectivity index (χ3v) is 3.80. The van der Waals surface area contributed by atoms with Gasteiger partial charge in [0.25, 0.3) is 5.91 Å². The SMILES string of the molecule is COC(=O)c1ccc(C(=O)OC)c(NC(=O)COC(=O)C(O)c2ccccc2)c1. The fourth-order valence-electron chi connectivity index (χ4n) is 2.35. The number of carbonyl (C=O) groups is 4. The lowest BCUT2D eigenvalue weighted by atomic mass is 10.1. The Labute approximate surface area is 166 Å². The molecule has 0 aromatic heterocycles. The van der Waals surface area contributed by atoms with E-state index in [1.807, 2.05) is 0 Å². The molecule has 1 unspecified atom stereocenters. The van der Waals surface area contributed by atoms with Crippen molar-refractivity contribution in [1.82, 2.24) is 0 Å².